The van der Waals surface area contributed by atoms with E-state index in [-0.39, 0.29) is 11.8 Å². The van der Waals surface area contributed by atoms with Crippen molar-refractivity contribution in [3.05, 3.63) is 70.8 Å². The molecular formula is C21H24N2O4. The third kappa shape index (κ3) is 4.35. The fraction of sp³-hybridized carbons (Fsp3) is 0.333. The average Bonchev–Trinajstić information content (AvgIpc) is 2.70. The van der Waals surface area contributed by atoms with E-state index in [4.69, 9.17) is 9.57 Å². The first-order valence-corrected chi connectivity index (χ1v) is 8.98. The molecule has 142 valence electrons. The van der Waals surface area contributed by atoms with Crippen LogP contribution in [0.2, 0.25) is 0 Å². The fourth-order valence-electron chi connectivity index (χ4n) is 3.21. The Morgan fingerprint density at radius 3 is 2.63 bits per heavy atom. The van der Waals surface area contributed by atoms with Gasteiger partial charge in [0, 0.05) is 19.2 Å². The highest BCUT2D eigenvalue weighted by Gasteiger charge is 2.29. The summed E-state index contributed by atoms with van der Waals surface area (Å²) in [4.78, 5) is 31.0. The van der Waals surface area contributed by atoms with E-state index in [9.17, 15) is 9.59 Å². The molecule has 0 spiro atoms. The Hall–Kier alpha value is -2.70. The Morgan fingerprint density at radius 2 is 1.85 bits per heavy atom. The molecular weight excluding hydrogens is 344 g/mol. The van der Waals surface area contributed by atoms with E-state index in [2.05, 4.69) is 5.32 Å². The summed E-state index contributed by atoms with van der Waals surface area (Å²) >= 11 is 0. The van der Waals surface area contributed by atoms with Crippen molar-refractivity contribution in [2.24, 2.45) is 0 Å². The Kier molecular flexibility index (Phi) is 6.21. The van der Waals surface area contributed by atoms with Crippen LogP contribution in [0.4, 0.5) is 0 Å². The summed E-state index contributed by atoms with van der Waals surface area (Å²) in [7, 11) is 2.96. The summed E-state index contributed by atoms with van der Waals surface area (Å²) in [6.45, 7) is 0.947. The van der Waals surface area contributed by atoms with Crippen LogP contribution in [0.3, 0.4) is 0 Å². The van der Waals surface area contributed by atoms with Crippen LogP contribution in [-0.2, 0) is 27.4 Å². The molecule has 6 heteroatoms. The van der Waals surface area contributed by atoms with E-state index in [1.807, 2.05) is 36.4 Å². The van der Waals surface area contributed by atoms with Gasteiger partial charge in [-0.25, -0.2) is 5.06 Å². The van der Waals surface area contributed by atoms with Crippen LogP contribution in [0.5, 0.6) is 0 Å². The normalized spacial score (nSPS) is 17.6. The first-order chi connectivity index (χ1) is 13.1. The number of likely N-dealkylation sites (N-methyl/N-ethyl adjacent to an activating group) is 1. The molecule has 2 aromatic carbocycles. The monoisotopic (exact) mass is 368 g/mol. The molecule has 1 atom stereocenters. The lowest BCUT2D eigenvalue weighted by molar-refractivity contribution is -0.171. The molecule has 0 aromatic heterocycles. The molecule has 1 N–H and O–H groups in total. The SMILES string of the molecule is CON(C)C(=O)C1NC(=O)c2ccccc2COCCCc2ccccc21. The highest BCUT2D eigenvalue weighted by Crippen LogP contribution is 2.23. The number of hydrogen-bond donors (Lipinski definition) is 1. The first kappa shape index (κ1) is 19.1. The molecule has 27 heavy (non-hydrogen) atoms. The predicted octanol–water partition coefficient (Wildman–Crippen LogP) is 2.64. The Morgan fingerprint density at radius 1 is 1.15 bits per heavy atom. The minimum atomic E-state index is -0.827. The highest BCUT2D eigenvalue weighted by molar-refractivity contribution is 5.98. The van der Waals surface area contributed by atoms with Crippen molar-refractivity contribution in [1.29, 1.82) is 0 Å². The molecule has 1 heterocycles. The van der Waals surface area contributed by atoms with E-state index in [1.165, 1.54) is 14.2 Å². The number of amides is 2. The molecule has 1 unspecified atom stereocenters. The Labute approximate surface area is 159 Å². The molecule has 3 rings (SSSR count). The highest BCUT2D eigenvalue weighted by atomic mass is 16.7. The van der Waals surface area contributed by atoms with E-state index in [0.29, 0.717) is 18.8 Å². The van der Waals surface area contributed by atoms with Gasteiger partial charge >= 0.3 is 0 Å². The zero-order valence-electron chi connectivity index (χ0n) is 15.6. The van der Waals surface area contributed by atoms with Crippen molar-refractivity contribution in [3.8, 4) is 0 Å². The summed E-state index contributed by atoms with van der Waals surface area (Å²) in [5.41, 5.74) is 3.10. The zero-order chi connectivity index (χ0) is 19.2. The summed E-state index contributed by atoms with van der Waals surface area (Å²) in [5, 5.41) is 4.04. The van der Waals surface area contributed by atoms with Crippen molar-refractivity contribution >= 4 is 11.8 Å². The second-order valence-corrected chi connectivity index (χ2v) is 6.44. The van der Waals surface area contributed by atoms with Gasteiger partial charge in [0.25, 0.3) is 11.8 Å². The summed E-state index contributed by atoms with van der Waals surface area (Å²) in [5.74, 6) is -0.642. The van der Waals surface area contributed by atoms with Gasteiger partial charge in [-0.2, -0.15) is 0 Å². The number of aryl methyl sites for hydroxylation is 1. The van der Waals surface area contributed by atoms with Crippen molar-refractivity contribution in [1.82, 2.24) is 10.4 Å². The average molecular weight is 368 g/mol. The summed E-state index contributed by atoms with van der Waals surface area (Å²) < 4.78 is 5.75. The van der Waals surface area contributed by atoms with Gasteiger partial charge in [-0.3, -0.25) is 14.4 Å². The van der Waals surface area contributed by atoms with Crippen LogP contribution < -0.4 is 5.32 Å². The van der Waals surface area contributed by atoms with E-state index >= 15 is 0 Å². The number of benzene rings is 2. The molecule has 1 aliphatic heterocycles. The van der Waals surface area contributed by atoms with Crippen LogP contribution in [0.25, 0.3) is 0 Å². The molecule has 0 saturated carbocycles. The lowest BCUT2D eigenvalue weighted by atomic mass is 9.95. The molecule has 0 bridgehead atoms. The molecule has 0 saturated heterocycles. The molecule has 2 amide bonds. The maximum absolute atomic E-state index is 13.0. The third-order valence-electron chi connectivity index (χ3n) is 4.73. The van der Waals surface area contributed by atoms with Gasteiger partial charge in [0.15, 0.2) is 0 Å². The number of ether oxygens (including phenoxy) is 1. The molecule has 0 radical (unpaired) electrons. The van der Waals surface area contributed by atoms with Gasteiger partial charge in [0.2, 0.25) is 0 Å². The summed E-state index contributed by atoms with van der Waals surface area (Å²) in [6.07, 6.45) is 1.59. The van der Waals surface area contributed by atoms with Gasteiger partial charge in [-0.1, -0.05) is 42.5 Å². The first-order valence-electron chi connectivity index (χ1n) is 8.98. The Bertz CT molecular complexity index is 821. The number of hydroxylamine groups is 2. The molecule has 6 nitrogen and oxygen atoms in total. The number of carbonyl (C=O) groups excluding carboxylic acids is 2. The van der Waals surface area contributed by atoms with E-state index < -0.39 is 6.04 Å². The van der Waals surface area contributed by atoms with Crippen molar-refractivity contribution in [2.75, 3.05) is 20.8 Å². The molecule has 2 aromatic rings. The lowest BCUT2D eigenvalue weighted by Crippen LogP contribution is -2.41. The van der Waals surface area contributed by atoms with Crippen molar-refractivity contribution in [2.45, 2.75) is 25.5 Å². The second-order valence-electron chi connectivity index (χ2n) is 6.44. The molecule has 1 aliphatic rings. The molecule has 0 aliphatic carbocycles. The quantitative estimate of drug-likeness (QED) is 0.828. The number of hydrogen-bond acceptors (Lipinski definition) is 4. The topological polar surface area (TPSA) is 67.9 Å². The zero-order valence-corrected chi connectivity index (χ0v) is 15.6. The maximum atomic E-state index is 13.0. The third-order valence-corrected chi connectivity index (χ3v) is 4.73. The fourth-order valence-corrected chi connectivity index (χ4v) is 3.21. The minimum Gasteiger partial charge on any atom is -0.377 e. The Balaban J connectivity index is 2.04. The van der Waals surface area contributed by atoms with Crippen LogP contribution in [0, 0.1) is 0 Å². The number of fused-ring (bicyclic) bond motifs is 2. The van der Waals surface area contributed by atoms with Crippen LogP contribution in [0.1, 0.15) is 39.5 Å². The van der Waals surface area contributed by atoms with Gasteiger partial charge in [0.1, 0.15) is 6.04 Å². The number of carbonyl (C=O) groups is 2. The minimum absolute atomic E-state index is 0.313. The number of rotatable bonds is 2. The maximum Gasteiger partial charge on any atom is 0.273 e. The largest absolute Gasteiger partial charge is 0.377 e. The van der Waals surface area contributed by atoms with E-state index in [0.717, 1.165) is 34.6 Å². The van der Waals surface area contributed by atoms with Crippen molar-refractivity contribution < 1.29 is 19.2 Å². The van der Waals surface area contributed by atoms with E-state index in [1.54, 1.807) is 12.1 Å². The smallest absolute Gasteiger partial charge is 0.273 e. The van der Waals surface area contributed by atoms with Gasteiger partial charge in [-0.15, -0.1) is 0 Å². The lowest BCUT2D eigenvalue weighted by Gasteiger charge is -2.26. The second kappa shape index (κ2) is 8.79. The van der Waals surface area contributed by atoms with Gasteiger partial charge in [0.05, 0.1) is 13.7 Å². The number of nitrogens with one attached hydrogen (secondary N) is 1. The number of nitrogens with zero attached hydrogens (tertiary/aromatic N) is 1. The molecule has 0 fully saturated rings. The van der Waals surface area contributed by atoms with Gasteiger partial charge in [-0.05, 0) is 35.6 Å². The predicted molar refractivity (Wildman–Crippen MR) is 101 cm³/mol. The van der Waals surface area contributed by atoms with Crippen LogP contribution in [0.15, 0.2) is 48.5 Å². The van der Waals surface area contributed by atoms with Crippen molar-refractivity contribution in [3.63, 3.8) is 0 Å². The standard InChI is InChI=1S/C21H24N2O4/c1-23(26-2)21(25)19-17-11-5-3-8-15(17)10-7-13-27-14-16-9-4-6-12-18(16)20(24)22-19/h3-6,8-9,11-12,19H,7,10,13-14H2,1-2H3,(H,22,24). The van der Waals surface area contributed by atoms with Gasteiger partial charge < -0.3 is 10.1 Å². The van der Waals surface area contributed by atoms with Crippen LogP contribution in [-0.4, -0.2) is 37.6 Å². The van der Waals surface area contributed by atoms with Crippen LogP contribution >= 0.6 is 0 Å². The summed E-state index contributed by atoms with van der Waals surface area (Å²) in [6, 6.07) is 14.1.